The predicted molar refractivity (Wildman–Crippen MR) is 95.6 cm³/mol. The van der Waals surface area contributed by atoms with Gasteiger partial charge < -0.3 is 24.3 Å². The third-order valence-corrected chi connectivity index (χ3v) is 5.14. The smallest absolute Gasteiger partial charge is 0.434 e. The van der Waals surface area contributed by atoms with Crippen molar-refractivity contribution in [2.75, 3.05) is 18.5 Å². The van der Waals surface area contributed by atoms with Crippen molar-refractivity contribution in [2.45, 2.75) is 50.2 Å². The summed E-state index contributed by atoms with van der Waals surface area (Å²) in [4.78, 5) is 11.3. The molecule has 12 heteroatoms. The van der Waals surface area contributed by atoms with E-state index < -0.39 is 42.0 Å². The second-order valence-electron chi connectivity index (χ2n) is 7.08. The zero-order chi connectivity index (χ0) is 20.6. The number of ether oxygens (including phenoxy) is 4. The second-order valence-corrected chi connectivity index (χ2v) is 7.94. The molecule has 0 saturated carbocycles. The van der Waals surface area contributed by atoms with Crippen LogP contribution in [0.15, 0.2) is 24.0 Å². The highest BCUT2D eigenvalue weighted by Gasteiger charge is 2.52. The SMILES string of the molecule is CC1(C)O[C@@H]2[C@H](O1)[C@@H](Nc1cncc(C(F)(F)F)n1)CO[C@@H]2COc1nccs1. The molecule has 1 N–H and O–H groups in total. The molecule has 29 heavy (non-hydrogen) atoms. The number of thiazole rings is 1. The van der Waals surface area contributed by atoms with Gasteiger partial charge in [0.25, 0.3) is 5.19 Å². The van der Waals surface area contributed by atoms with Crippen molar-refractivity contribution in [2.24, 2.45) is 0 Å². The number of hydrogen-bond donors (Lipinski definition) is 1. The molecule has 0 bridgehead atoms. The van der Waals surface area contributed by atoms with Gasteiger partial charge in [-0.1, -0.05) is 11.3 Å². The molecule has 4 atom stereocenters. The number of hydrogen-bond acceptors (Lipinski definition) is 9. The first kappa shape index (κ1) is 20.3. The van der Waals surface area contributed by atoms with Crippen LogP contribution in [0.2, 0.25) is 0 Å². The van der Waals surface area contributed by atoms with E-state index in [0.717, 1.165) is 0 Å². The zero-order valence-corrected chi connectivity index (χ0v) is 16.4. The van der Waals surface area contributed by atoms with Crippen LogP contribution in [0.25, 0.3) is 0 Å². The molecule has 2 saturated heterocycles. The van der Waals surface area contributed by atoms with Crippen LogP contribution in [0.3, 0.4) is 0 Å². The Morgan fingerprint density at radius 2 is 2.07 bits per heavy atom. The van der Waals surface area contributed by atoms with Crippen molar-refractivity contribution < 1.29 is 32.1 Å². The fraction of sp³-hybridized carbons (Fsp3) is 0.588. The number of aromatic nitrogens is 3. The summed E-state index contributed by atoms with van der Waals surface area (Å²) >= 11 is 1.36. The number of nitrogens with zero attached hydrogens (tertiary/aromatic N) is 3. The molecular formula is C17H19F3N4O4S. The summed E-state index contributed by atoms with van der Waals surface area (Å²) in [7, 11) is 0. The lowest BCUT2D eigenvalue weighted by molar-refractivity contribution is -0.156. The van der Waals surface area contributed by atoms with Crippen LogP contribution in [-0.2, 0) is 20.4 Å². The van der Waals surface area contributed by atoms with Crippen LogP contribution in [0.4, 0.5) is 19.0 Å². The number of anilines is 1. The quantitative estimate of drug-likeness (QED) is 0.772. The van der Waals surface area contributed by atoms with Gasteiger partial charge in [-0.05, 0) is 13.8 Å². The lowest BCUT2D eigenvalue weighted by Gasteiger charge is -2.37. The predicted octanol–water partition coefficient (Wildman–Crippen LogP) is 2.73. The monoisotopic (exact) mass is 432 g/mol. The summed E-state index contributed by atoms with van der Waals surface area (Å²) in [5.74, 6) is -0.889. The third-order valence-electron chi connectivity index (χ3n) is 4.46. The molecule has 8 nitrogen and oxygen atoms in total. The molecule has 2 aliphatic heterocycles. The lowest BCUT2D eigenvalue weighted by atomic mass is 9.98. The van der Waals surface area contributed by atoms with Gasteiger partial charge in [0, 0.05) is 11.6 Å². The normalized spacial score (nSPS) is 28.7. The largest absolute Gasteiger partial charge is 0.467 e. The molecular weight excluding hydrogens is 413 g/mol. The van der Waals surface area contributed by atoms with Gasteiger partial charge in [-0.2, -0.15) is 13.2 Å². The molecule has 0 aliphatic carbocycles. The van der Waals surface area contributed by atoms with Crippen molar-refractivity contribution >= 4 is 17.2 Å². The molecule has 158 valence electrons. The van der Waals surface area contributed by atoms with Crippen molar-refractivity contribution in [3.05, 3.63) is 29.7 Å². The van der Waals surface area contributed by atoms with Crippen LogP contribution in [0.1, 0.15) is 19.5 Å². The molecule has 0 spiro atoms. The van der Waals surface area contributed by atoms with Crippen LogP contribution in [0, 0.1) is 0 Å². The van der Waals surface area contributed by atoms with E-state index in [-0.39, 0.29) is 19.0 Å². The molecule has 2 aromatic heterocycles. The molecule has 0 unspecified atom stereocenters. The van der Waals surface area contributed by atoms with Crippen LogP contribution < -0.4 is 10.1 Å². The summed E-state index contributed by atoms with van der Waals surface area (Å²) < 4.78 is 62.2. The Hall–Kier alpha value is -2.02. The molecule has 4 heterocycles. The Balaban J connectivity index is 1.47. The molecule has 0 aromatic carbocycles. The van der Waals surface area contributed by atoms with Gasteiger partial charge in [0.15, 0.2) is 11.5 Å². The molecule has 2 aromatic rings. The van der Waals surface area contributed by atoms with Crippen molar-refractivity contribution in [3.63, 3.8) is 0 Å². The van der Waals surface area contributed by atoms with Crippen LogP contribution in [-0.4, -0.2) is 58.3 Å². The molecule has 0 radical (unpaired) electrons. The Labute approximate surface area is 168 Å². The van der Waals surface area contributed by atoms with Gasteiger partial charge in [-0.25, -0.2) is 9.97 Å². The van der Waals surface area contributed by atoms with E-state index in [1.165, 1.54) is 17.5 Å². The van der Waals surface area contributed by atoms with Crippen LogP contribution >= 0.6 is 11.3 Å². The van der Waals surface area contributed by atoms with Gasteiger partial charge in [0.1, 0.15) is 30.7 Å². The fourth-order valence-corrected chi connectivity index (χ4v) is 3.79. The standard InChI is InChI=1S/C17H19F3N4O4S/c1-16(2)27-13-9(23-12-6-21-5-11(24-12)17(18,19)20)7-25-10(14(13)28-16)8-26-15-22-3-4-29-15/h3-6,9-10,13-14H,7-8H2,1-2H3,(H,23,24)/t9-,10+,13+,14-/m0/s1. The average Bonchev–Trinajstić information content (AvgIpc) is 3.27. The molecule has 4 rings (SSSR count). The highest BCUT2D eigenvalue weighted by molar-refractivity contribution is 7.11. The Morgan fingerprint density at radius 3 is 2.79 bits per heavy atom. The van der Waals surface area contributed by atoms with Gasteiger partial charge in [-0.3, -0.25) is 4.98 Å². The molecule has 2 aliphatic rings. The van der Waals surface area contributed by atoms with Crippen molar-refractivity contribution in [1.29, 1.82) is 0 Å². The summed E-state index contributed by atoms with van der Waals surface area (Å²) in [6, 6.07) is -0.476. The first-order chi connectivity index (χ1) is 13.7. The molecule has 2 fully saturated rings. The van der Waals surface area contributed by atoms with E-state index in [9.17, 15) is 13.2 Å². The summed E-state index contributed by atoms with van der Waals surface area (Å²) in [6.45, 7) is 3.92. The maximum Gasteiger partial charge on any atom is 0.434 e. The summed E-state index contributed by atoms with van der Waals surface area (Å²) in [5, 5.41) is 5.25. The van der Waals surface area contributed by atoms with Gasteiger partial charge >= 0.3 is 6.18 Å². The first-order valence-corrected chi connectivity index (χ1v) is 9.74. The second kappa shape index (κ2) is 7.67. The Bertz CT molecular complexity index is 836. The minimum Gasteiger partial charge on any atom is -0.467 e. The first-order valence-electron chi connectivity index (χ1n) is 8.86. The number of alkyl halides is 3. The van der Waals surface area contributed by atoms with E-state index in [4.69, 9.17) is 18.9 Å². The molecule has 0 amide bonds. The highest BCUT2D eigenvalue weighted by Crippen LogP contribution is 2.37. The average molecular weight is 432 g/mol. The zero-order valence-electron chi connectivity index (χ0n) is 15.5. The highest BCUT2D eigenvalue weighted by atomic mass is 32.1. The van der Waals surface area contributed by atoms with E-state index in [2.05, 4.69) is 20.3 Å². The minimum atomic E-state index is -4.58. The number of fused-ring (bicyclic) bond motifs is 1. The van der Waals surface area contributed by atoms with Gasteiger partial charge in [0.2, 0.25) is 0 Å². The van der Waals surface area contributed by atoms with Gasteiger partial charge in [-0.15, -0.1) is 0 Å². The summed E-state index contributed by atoms with van der Waals surface area (Å²) in [6.07, 6.45) is -2.41. The lowest BCUT2D eigenvalue weighted by Crippen LogP contribution is -2.55. The van der Waals surface area contributed by atoms with Crippen molar-refractivity contribution in [3.8, 4) is 5.19 Å². The number of halogens is 3. The van der Waals surface area contributed by atoms with E-state index in [0.29, 0.717) is 11.4 Å². The maximum atomic E-state index is 12.9. The number of rotatable bonds is 5. The van der Waals surface area contributed by atoms with E-state index in [1.807, 2.05) is 0 Å². The Kier molecular flexibility index (Phi) is 5.36. The minimum absolute atomic E-state index is 0.0158. The van der Waals surface area contributed by atoms with Crippen molar-refractivity contribution in [1.82, 2.24) is 15.0 Å². The van der Waals surface area contributed by atoms with E-state index >= 15 is 0 Å². The Morgan fingerprint density at radius 1 is 1.28 bits per heavy atom. The van der Waals surface area contributed by atoms with E-state index in [1.54, 1.807) is 25.4 Å². The maximum absolute atomic E-state index is 12.9. The number of nitrogens with one attached hydrogen (secondary N) is 1. The third kappa shape index (κ3) is 4.60. The van der Waals surface area contributed by atoms with Gasteiger partial charge in [0.05, 0.1) is 25.0 Å². The van der Waals surface area contributed by atoms with Crippen LogP contribution in [0.5, 0.6) is 5.19 Å². The summed E-state index contributed by atoms with van der Waals surface area (Å²) in [5.41, 5.74) is -1.07. The topological polar surface area (TPSA) is 87.6 Å². The fourth-order valence-electron chi connectivity index (χ4n) is 3.30.